The van der Waals surface area contributed by atoms with Gasteiger partial charge in [0.05, 0.1) is 18.8 Å². The highest BCUT2D eigenvalue weighted by Crippen LogP contribution is 2.33. The third-order valence-electron chi connectivity index (χ3n) is 3.37. The van der Waals surface area contributed by atoms with Crippen molar-refractivity contribution in [1.82, 2.24) is 5.32 Å². The van der Waals surface area contributed by atoms with E-state index in [2.05, 4.69) is 5.32 Å². The van der Waals surface area contributed by atoms with E-state index in [4.69, 9.17) is 4.74 Å². The van der Waals surface area contributed by atoms with E-state index in [1.54, 1.807) is 0 Å². The summed E-state index contributed by atoms with van der Waals surface area (Å²) < 4.78 is 5.06. The van der Waals surface area contributed by atoms with Crippen molar-refractivity contribution in [1.29, 1.82) is 0 Å². The first-order valence-electron chi connectivity index (χ1n) is 6.26. The molecule has 2 N–H and O–H groups in total. The molecule has 2 unspecified atom stereocenters. The van der Waals surface area contributed by atoms with Gasteiger partial charge in [0.15, 0.2) is 0 Å². The first-order valence-corrected chi connectivity index (χ1v) is 6.26. The summed E-state index contributed by atoms with van der Waals surface area (Å²) in [5, 5.41) is 12.2. The number of ketones is 1. The lowest BCUT2D eigenvalue weighted by atomic mass is 10.1. The highest BCUT2D eigenvalue weighted by molar-refractivity contribution is 6.36. The summed E-state index contributed by atoms with van der Waals surface area (Å²) in [5.74, 6) is -0.271. The molecule has 17 heavy (non-hydrogen) atoms. The van der Waals surface area contributed by atoms with Crippen molar-refractivity contribution in [3.05, 3.63) is 0 Å². The maximum atomic E-state index is 11.6. The van der Waals surface area contributed by atoms with E-state index in [1.165, 1.54) is 12.8 Å². The lowest BCUT2D eigenvalue weighted by Crippen LogP contribution is -2.50. The number of nitrogens with one attached hydrogen (secondary N) is 1. The quantitative estimate of drug-likeness (QED) is 0.665. The molecule has 1 aliphatic carbocycles. The smallest absolute Gasteiger partial charge is 0.287 e. The topological polar surface area (TPSA) is 75.6 Å². The highest BCUT2D eigenvalue weighted by atomic mass is 16.5. The molecule has 1 heterocycles. The van der Waals surface area contributed by atoms with Crippen LogP contribution in [0.15, 0.2) is 0 Å². The molecule has 1 saturated carbocycles. The molecule has 1 aliphatic heterocycles. The molecule has 2 aliphatic rings. The van der Waals surface area contributed by atoms with Crippen LogP contribution in [0.4, 0.5) is 0 Å². The summed E-state index contributed by atoms with van der Waals surface area (Å²) in [4.78, 5) is 23.1. The van der Waals surface area contributed by atoms with Gasteiger partial charge in [-0.15, -0.1) is 0 Å². The Kier molecular flexibility index (Phi) is 4.12. The molecule has 5 nitrogen and oxygen atoms in total. The van der Waals surface area contributed by atoms with E-state index in [-0.39, 0.29) is 18.4 Å². The Morgan fingerprint density at radius 2 is 2.06 bits per heavy atom. The van der Waals surface area contributed by atoms with Gasteiger partial charge in [-0.25, -0.2) is 0 Å². The van der Waals surface area contributed by atoms with Crippen LogP contribution in [0.1, 0.15) is 32.1 Å². The van der Waals surface area contributed by atoms with E-state index in [0.29, 0.717) is 25.4 Å². The highest BCUT2D eigenvalue weighted by Gasteiger charge is 2.28. The number of aliphatic hydroxyl groups is 1. The molecule has 96 valence electrons. The van der Waals surface area contributed by atoms with Crippen molar-refractivity contribution in [2.45, 2.75) is 44.2 Å². The Balaban J connectivity index is 1.72. The second-order valence-corrected chi connectivity index (χ2v) is 4.92. The van der Waals surface area contributed by atoms with Crippen LogP contribution in [0.2, 0.25) is 0 Å². The molecule has 0 spiro atoms. The van der Waals surface area contributed by atoms with E-state index in [1.807, 2.05) is 0 Å². The normalized spacial score (nSPS) is 28.8. The number of rotatable bonds is 5. The number of ether oxygens (including phenoxy) is 1. The Bertz CT molecular complexity index is 301. The number of carbonyl (C=O) groups is 2. The van der Waals surface area contributed by atoms with Crippen LogP contribution in [0.25, 0.3) is 0 Å². The van der Waals surface area contributed by atoms with Gasteiger partial charge in [-0.1, -0.05) is 12.8 Å². The third kappa shape index (κ3) is 3.78. The molecule has 0 aromatic carbocycles. The SMILES string of the molecule is O=C(CCC1CC1)C(=O)NC1CCOCC1O. The monoisotopic (exact) mass is 241 g/mol. The number of hydrogen-bond donors (Lipinski definition) is 2. The molecule has 2 atom stereocenters. The molecule has 1 amide bonds. The predicted molar refractivity (Wildman–Crippen MR) is 60.3 cm³/mol. The minimum Gasteiger partial charge on any atom is -0.389 e. The van der Waals surface area contributed by atoms with Crippen LogP contribution in [0.5, 0.6) is 0 Å². The third-order valence-corrected chi connectivity index (χ3v) is 3.37. The summed E-state index contributed by atoms with van der Waals surface area (Å²) in [6, 6.07) is -0.346. The Hall–Kier alpha value is -0.940. The van der Waals surface area contributed by atoms with Gasteiger partial charge in [0.25, 0.3) is 5.91 Å². The fourth-order valence-corrected chi connectivity index (χ4v) is 2.00. The van der Waals surface area contributed by atoms with Crippen LogP contribution in [0, 0.1) is 5.92 Å². The van der Waals surface area contributed by atoms with Crippen molar-refractivity contribution in [2.75, 3.05) is 13.2 Å². The van der Waals surface area contributed by atoms with E-state index in [0.717, 1.165) is 6.42 Å². The van der Waals surface area contributed by atoms with Crippen molar-refractivity contribution in [2.24, 2.45) is 5.92 Å². The zero-order valence-electron chi connectivity index (χ0n) is 9.85. The summed E-state index contributed by atoms with van der Waals surface area (Å²) in [5.41, 5.74) is 0. The fourth-order valence-electron chi connectivity index (χ4n) is 2.00. The minimum atomic E-state index is -0.705. The first-order chi connectivity index (χ1) is 8.16. The van der Waals surface area contributed by atoms with Gasteiger partial charge in [-0.05, 0) is 18.8 Å². The number of Topliss-reactive ketones (excluding diaryl/α,β-unsaturated/α-hetero) is 1. The average molecular weight is 241 g/mol. The van der Waals surface area contributed by atoms with Gasteiger partial charge >= 0.3 is 0 Å². The Morgan fingerprint density at radius 3 is 2.71 bits per heavy atom. The van der Waals surface area contributed by atoms with Gasteiger partial charge in [0, 0.05) is 13.0 Å². The minimum absolute atomic E-state index is 0.223. The lowest BCUT2D eigenvalue weighted by Gasteiger charge is -2.28. The van der Waals surface area contributed by atoms with Crippen molar-refractivity contribution in [3.8, 4) is 0 Å². The predicted octanol–water partition coefficient (Wildman–Crippen LogP) is 0.0117. The van der Waals surface area contributed by atoms with Gasteiger partial charge in [0.1, 0.15) is 0 Å². The summed E-state index contributed by atoms with van der Waals surface area (Å²) in [6.07, 6.45) is 3.38. The number of carbonyl (C=O) groups excluding carboxylic acids is 2. The van der Waals surface area contributed by atoms with E-state index in [9.17, 15) is 14.7 Å². The van der Waals surface area contributed by atoms with Gasteiger partial charge in [0.2, 0.25) is 5.78 Å². The van der Waals surface area contributed by atoms with Crippen LogP contribution < -0.4 is 5.32 Å². The first kappa shape index (κ1) is 12.5. The van der Waals surface area contributed by atoms with Gasteiger partial charge in [-0.3, -0.25) is 9.59 Å². The van der Waals surface area contributed by atoms with E-state index >= 15 is 0 Å². The molecule has 0 aromatic rings. The van der Waals surface area contributed by atoms with Crippen LogP contribution in [-0.2, 0) is 14.3 Å². The molecule has 2 rings (SSSR count). The molecular weight excluding hydrogens is 222 g/mol. The van der Waals surface area contributed by atoms with Crippen LogP contribution >= 0.6 is 0 Å². The summed E-state index contributed by atoms with van der Waals surface area (Å²) >= 11 is 0. The Labute approximate surface area is 101 Å². The van der Waals surface area contributed by atoms with Crippen molar-refractivity contribution < 1.29 is 19.4 Å². The molecular formula is C12H19NO4. The van der Waals surface area contributed by atoms with Crippen LogP contribution in [0.3, 0.4) is 0 Å². The number of aliphatic hydroxyl groups excluding tert-OH is 1. The number of hydrogen-bond acceptors (Lipinski definition) is 4. The second kappa shape index (κ2) is 5.60. The molecule has 2 fully saturated rings. The average Bonchev–Trinajstić information content (AvgIpc) is 3.13. The summed E-state index contributed by atoms with van der Waals surface area (Å²) in [7, 11) is 0. The molecule has 0 radical (unpaired) electrons. The van der Waals surface area contributed by atoms with Crippen molar-refractivity contribution in [3.63, 3.8) is 0 Å². The lowest BCUT2D eigenvalue weighted by molar-refractivity contribution is -0.139. The zero-order valence-corrected chi connectivity index (χ0v) is 9.85. The van der Waals surface area contributed by atoms with Crippen LogP contribution in [-0.4, -0.2) is 42.2 Å². The fraction of sp³-hybridized carbons (Fsp3) is 0.833. The number of amides is 1. The molecule has 5 heteroatoms. The maximum Gasteiger partial charge on any atom is 0.287 e. The molecule has 0 aromatic heterocycles. The zero-order chi connectivity index (χ0) is 12.3. The van der Waals surface area contributed by atoms with Gasteiger partial charge < -0.3 is 15.2 Å². The Morgan fingerprint density at radius 1 is 1.29 bits per heavy atom. The maximum absolute atomic E-state index is 11.6. The standard InChI is InChI=1S/C12H19NO4/c14-10(4-3-8-1-2-8)12(16)13-9-5-6-17-7-11(9)15/h8-9,11,15H,1-7H2,(H,13,16). The second-order valence-electron chi connectivity index (χ2n) is 4.92. The van der Waals surface area contributed by atoms with E-state index < -0.39 is 12.0 Å². The molecule has 1 saturated heterocycles. The summed E-state index contributed by atoms with van der Waals surface area (Å²) in [6.45, 7) is 0.736. The molecule has 0 bridgehead atoms. The van der Waals surface area contributed by atoms with Crippen molar-refractivity contribution >= 4 is 11.7 Å². The largest absolute Gasteiger partial charge is 0.389 e. The van der Waals surface area contributed by atoms with Gasteiger partial charge in [-0.2, -0.15) is 0 Å².